The number of hydrogen-bond donors (Lipinski definition) is 1. The van der Waals surface area contributed by atoms with Crippen LogP contribution >= 0.6 is 0 Å². The molecule has 0 spiro atoms. The molecule has 3 aliphatic carbocycles. The van der Waals surface area contributed by atoms with Crippen molar-refractivity contribution in [3.63, 3.8) is 0 Å². The monoisotopic (exact) mass is 620 g/mol. The van der Waals surface area contributed by atoms with E-state index in [9.17, 15) is 4.79 Å². The molecule has 6 nitrogen and oxygen atoms in total. The van der Waals surface area contributed by atoms with Gasteiger partial charge in [-0.3, -0.25) is 9.63 Å². The number of hydrogen-bond acceptors (Lipinski definition) is 5. The van der Waals surface area contributed by atoms with Gasteiger partial charge in [0.1, 0.15) is 0 Å². The number of hydroxylamine groups is 2. The number of benzene rings is 3. The van der Waals surface area contributed by atoms with Crippen LogP contribution in [0, 0.1) is 23.2 Å². The van der Waals surface area contributed by atoms with Crippen molar-refractivity contribution in [2.24, 2.45) is 23.2 Å². The second-order valence-electron chi connectivity index (χ2n) is 15.3. The maximum Gasteiger partial charge on any atom is 0.478 e. The Kier molecular flexibility index (Phi) is 8.64. The molecule has 2 aliphatic heterocycles. The predicted octanol–water partition coefficient (Wildman–Crippen LogP) is 7.38. The van der Waals surface area contributed by atoms with Crippen LogP contribution in [0.1, 0.15) is 76.2 Å². The fourth-order valence-corrected chi connectivity index (χ4v) is 8.97. The van der Waals surface area contributed by atoms with E-state index < -0.39 is 0 Å². The molecule has 7 atom stereocenters. The van der Waals surface area contributed by atoms with E-state index in [0.29, 0.717) is 29.9 Å². The molecule has 3 aromatic carbocycles. The molecule has 2 unspecified atom stereocenters. The molecule has 0 aromatic heterocycles. The first-order chi connectivity index (χ1) is 22.1. The lowest BCUT2D eigenvalue weighted by molar-refractivity contribution is -0.200. The first-order valence-electron chi connectivity index (χ1n) is 17.4. The van der Waals surface area contributed by atoms with Gasteiger partial charge in [0.2, 0.25) is 0 Å². The number of carbonyl (C=O) groups excluding carboxylic acids is 1. The summed E-state index contributed by atoms with van der Waals surface area (Å²) in [4.78, 5) is 20.6. The fraction of sp³-hybridized carbons (Fsp3) is 0.513. The van der Waals surface area contributed by atoms with Gasteiger partial charge in [0.05, 0.1) is 29.8 Å². The zero-order chi connectivity index (χ0) is 32.1. The first kappa shape index (κ1) is 31.6. The Morgan fingerprint density at radius 3 is 2.35 bits per heavy atom. The third kappa shape index (κ3) is 5.85. The minimum Gasteiger partial charge on any atom is -0.404 e. The van der Waals surface area contributed by atoms with E-state index in [1.54, 1.807) is 0 Å². The standard InChI is InChI=1S/C39H49BN2O4/c1-26(2)20-36(40-44-35-23-29-22-34(38(29,3)4)39(35,5)46-40)42-30(24-31(45-42)21-27-14-8-6-9-15-27)25-41-37(43)33-19-13-12-18-32(33)28-16-10-7-11-17-28/h6-19,26,29-31,34-36H,20-25H2,1-5H3,(H,41,43)/t29-,30?,31?,34-,35+,36-,39-/m0/s1. The highest BCUT2D eigenvalue weighted by atomic mass is 16.7. The highest BCUT2D eigenvalue weighted by Crippen LogP contribution is 2.66. The molecular weight excluding hydrogens is 571 g/mol. The third-order valence-corrected chi connectivity index (χ3v) is 11.5. The van der Waals surface area contributed by atoms with Crippen molar-refractivity contribution in [2.45, 2.75) is 96.5 Å². The smallest absolute Gasteiger partial charge is 0.404 e. The van der Waals surface area contributed by atoms with Crippen molar-refractivity contribution >= 4 is 13.0 Å². The van der Waals surface area contributed by atoms with Gasteiger partial charge in [-0.1, -0.05) is 107 Å². The van der Waals surface area contributed by atoms with E-state index in [4.69, 9.17) is 14.1 Å². The molecule has 1 N–H and O–H groups in total. The van der Waals surface area contributed by atoms with Crippen molar-refractivity contribution in [1.29, 1.82) is 0 Å². The van der Waals surface area contributed by atoms with Crippen LogP contribution in [-0.2, 0) is 20.6 Å². The van der Waals surface area contributed by atoms with Gasteiger partial charge in [-0.2, -0.15) is 5.06 Å². The topological polar surface area (TPSA) is 60.0 Å². The van der Waals surface area contributed by atoms with Crippen LogP contribution in [0.4, 0.5) is 0 Å². The Balaban J connectivity index is 1.13. The summed E-state index contributed by atoms with van der Waals surface area (Å²) in [5, 5.41) is 5.47. The number of nitrogens with zero attached hydrogens (tertiary/aromatic N) is 1. The summed E-state index contributed by atoms with van der Waals surface area (Å²) >= 11 is 0. The number of nitrogens with one attached hydrogen (secondary N) is 1. The molecule has 0 radical (unpaired) electrons. The number of rotatable bonds is 10. The normalized spacial score (nSPS) is 30.6. The van der Waals surface area contributed by atoms with Crippen LogP contribution in [0.3, 0.4) is 0 Å². The van der Waals surface area contributed by atoms with E-state index in [1.165, 1.54) is 12.0 Å². The molecule has 1 amide bonds. The van der Waals surface area contributed by atoms with E-state index in [2.05, 4.69) is 75.3 Å². The van der Waals surface area contributed by atoms with E-state index >= 15 is 0 Å². The molecule has 2 heterocycles. The second kappa shape index (κ2) is 12.6. The SMILES string of the molecule is CC(C)C[C@@H](B1O[C@@H]2C[C@@H]3C[C@@H](C3(C)C)[C@]2(C)O1)N1OC(Cc2ccccc2)CC1CNC(=O)c1ccccc1-c1ccccc1. The summed E-state index contributed by atoms with van der Waals surface area (Å²) in [7, 11) is -0.375. The largest absolute Gasteiger partial charge is 0.478 e. The van der Waals surface area contributed by atoms with Crippen LogP contribution in [0.2, 0.25) is 0 Å². The van der Waals surface area contributed by atoms with Gasteiger partial charge in [0.15, 0.2) is 0 Å². The Morgan fingerprint density at radius 2 is 1.63 bits per heavy atom. The predicted molar refractivity (Wildman–Crippen MR) is 183 cm³/mol. The van der Waals surface area contributed by atoms with Crippen LogP contribution in [-0.4, -0.2) is 54.4 Å². The molecule has 5 fully saturated rings. The minimum atomic E-state index is -0.375. The lowest BCUT2D eigenvalue weighted by Gasteiger charge is -2.64. The van der Waals surface area contributed by atoms with Gasteiger partial charge in [-0.15, -0.1) is 0 Å². The number of amides is 1. The van der Waals surface area contributed by atoms with Crippen molar-refractivity contribution in [2.75, 3.05) is 6.54 Å². The molecule has 8 rings (SSSR count). The van der Waals surface area contributed by atoms with Crippen molar-refractivity contribution < 1.29 is 18.9 Å². The zero-order valence-corrected chi connectivity index (χ0v) is 28.0. The molecule has 242 valence electrons. The van der Waals surface area contributed by atoms with Crippen molar-refractivity contribution in [1.82, 2.24) is 10.4 Å². The highest BCUT2D eigenvalue weighted by molar-refractivity contribution is 6.47. The van der Waals surface area contributed by atoms with Gasteiger partial charge in [-0.25, -0.2) is 0 Å². The summed E-state index contributed by atoms with van der Waals surface area (Å²) in [6, 6.07) is 28.5. The average Bonchev–Trinajstić information content (AvgIpc) is 3.63. The van der Waals surface area contributed by atoms with Gasteiger partial charge >= 0.3 is 7.12 Å². The molecule has 3 saturated carbocycles. The van der Waals surface area contributed by atoms with Crippen molar-refractivity contribution in [3.8, 4) is 11.1 Å². The average molecular weight is 621 g/mol. The van der Waals surface area contributed by atoms with Crippen molar-refractivity contribution in [3.05, 3.63) is 96.1 Å². The number of carbonyl (C=O) groups is 1. The summed E-state index contributed by atoms with van der Waals surface area (Å²) in [5.74, 6) is 1.46. The Hall–Kier alpha value is -2.97. The van der Waals surface area contributed by atoms with Crippen LogP contribution in [0.5, 0.6) is 0 Å². The molecule has 46 heavy (non-hydrogen) atoms. The molecule has 3 aromatic rings. The summed E-state index contributed by atoms with van der Waals surface area (Å²) in [5.41, 5.74) is 3.90. The Labute approximate surface area is 275 Å². The van der Waals surface area contributed by atoms with E-state index in [-0.39, 0.29) is 48.2 Å². The maximum absolute atomic E-state index is 13.8. The summed E-state index contributed by atoms with van der Waals surface area (Å²) < 4.78 is 13.9. The molecule has 7 heteroatoms. The lowest BCUT2D eigenvalue weighted by Crippen LogP contribution is -2.65. The quantitative estimate of drug-likeness (QED) is 0.240. The van der Waals surface area contributed by atoms with E-state index in [1.807, 2.05) is 54.6 Å². The van der Waals surface area contributed by atoms with Gasteiger partial charge in [0.25, 0.3) is 5.91 Å². The van der Waals surface area contributed by atoms with E-state index in [0.717, 1.165) is 36.8 Å². The minimum absolute atomic E-state index is 0.00147. The van der Waals surface area contributed by atoms with Crippen LogP contribution in [0.15, 0.2) is 84.9 Å². The Bertz CT molecular complexity index is 1520. The summed E-state index contributed by atoms with van der Waals surface area (Å²) in [6.07, 6.45) is 4.91. The van der Waals surface area contributed by atoms with Crippen LogP contribution < -0.4 is 5.32 Å². The third-order valence-electron chi connectivity index (χ3n) is 11.5. The van der Waals surface area contributed by atoms with Gasteiger partial charge in [-0.05, 0) is 78.5 Å². The highest BCUT2D eigenvalue weighted by Gasteiger charge is 2.69. The Morgan fingerprint density at radius 1 is 0.935 bits per heavy atom. The molecule has 2 bridgehead atoms. The van der Waals surface area contributed by atoms with Gasteiger partial charge in [0, 0.05) is 18.5 Å². The molecule has 2 saturated heterocycles. The van der Waals surface area contributed by atoms with Gasteiger partial charge < -0.3 is 14.6 Å². The zero-order valence-electron chi connectivity index (χ0n) is 28.0. The van der Waals surface area contributed by atoms with Crippen LogP contribution in [0.25, 0.3) is 11.1 Å². The molecule has 5 aliphatic rings. The summed E-state index contributed by atoms with van der Waals surface area (Å²) in [6.45, 7) is 12.1. The fourth-order valence-electron chi connectivity index (χ4n) is 8.97. The lowest BCUT2D eigenvalue weighted by atomic mass is 9.43. The first-order valence-corrected chi connectivity index (χ1v) is 17.4. The maximum atomic E-state index is 13.8. The molecular formula is C39H49BN2O4. The second-order valence-corrected chi connectivity index (χ2v) is 15.3.